The maximum absolute atomic E-state index is 10.9. The highest BCUT2D eigenvalue weighted by Gasteiger charge is 2.05. The van der Waals surface area contributed by atoms with Crippen molar-refractivity contribution in [1.29, 1.82) is 5.26 Å². The lowest BCUT2D eigenvalue weighted by molar-refractivity contribution is 0.100. The van der Waals surface area contributed by atoms with Gasteiger partial charge in [-0.1, -0.05) is 0 Å². The quantitative estimate of drug-likeness (QED) is 0.859. The number of hydrogen-bond acceptors (Lipinski definition) is 5. The van der Waals surface area contributed by atoms with Crippen LogP contribution in [0.2, 0.25) is 0 Å². The second kappa shape index (κ2) is 5.06. The van der Waals surface area contributed by atoms with Gasteiger partial charge in [-0.15, -0.1) is 0 Å². The van der Waals surface area contributed by atoms with Gasteiger partial charge in [-0.25, -0.2) is 4.98 Å². The molecule has 6 heteroatoms. The van der Waals surface area contributed by atoms with Gasteiger partial charge >= 0.3 is 0 Å². The van der Waals surface area contributed by atoms with E-state index in [-0.39, 0.29) is 11.6 Å². The second-order valence-electron chi connectivity index (χ2n) is 3.69. The molecule has 0 aliphatic heterocycles. The zero-order chi connectivity index (χ0) is 13.8. The molecule has 1 amide bonds. The Labute approximate surface area is 109 Å². The van der Waals surface area contributed by atoms with Crippen LogP contribution in [0.3, 0.4) is 0 Å². The van der Waals surface area contributed by atoms with E-state index in [1.807, 2.05) is 6.07 Å². The van der Waals surface area contributed by atoms with E-state index in [4.69, 9.17) is 21.5 Å². The summed E-state index contributed by atoms with van der Waals surface area (Å²) in [5, 5.41) is 8.81. The first-order chi connectivity index (χ1) is 9.10. The average Bonchev–Trinajstić information content (AvgIpc) is 2.41. The smallest absolute Gasteiger partial charge is 0.248 e. The van der Waals surface area contributed by atoms with E-state index in [2.05, 4.69) is 4.98 Å². The van der Waals surface area contributed by atoms with Crippen LogP contribution in [0, 0.1) is 11.3 Å². The first-order valence-electron chi connectivity index (χ1n) is 5.34. The Morgan fingerprint density at radius 1 is 1.21 bits per heavy atom. The van der Waals surface area contributed by atoms with Crippen LogP contribution < -0.4 is 16.2 Å². The van der Waals surface area contributed by atoms with Crippen molar-refractivity contribution in [3.8, 4) is 17.7 Å². The fourth-order valence-electron chi connectivity index (χ4n) is 1.41. The molecule has 0 saturated carbocycles. The Kier molecular flexibility index (Phi) is 3.30. The third-order valence-corrected chi connectivity index (χ3v) is 2.37. The summed E-state index contributed by atoms with van der Waals surface area (Å²) in [5.74, 6) is 0.215. The Morgan fingerprint density at radius 2 is 1.89 bits per heavy atom. The minimum atomic E-state index is -0.510. The maximum atomic E-state index is 10.9. The summed E-state index contributed by atoms with van der Waals surface area (Å²) in [6.45, 7) is 0. The number of nitrogens with zero attached hydrogens (tertiary/aromatic N) is 2. The van der Waals surface area contributed by atoms with Gasteiger partial charge in [0, 0.05) is 11.6 Å². The van der Waals surface area contributed by atoms with E-state index in [1.54, 1.807) is 36.4 Å². The largest absolute Gasteiger partial charge is 0.439 e. The molecule has 0 unspecified atom stereocenters. The number of rotatable bonds is 3. The van der Waals surface area contributed by atoms with Crippen LogP contribution >= 0.6 is 0 Å². The minimum absolute atomic E-state index is 0.103. The number of ether oxygens (including phenoxy) is 1. The van der Waals surface area contributed by atoms with E-state index >= 15 is 0 Å². The number of amides is 1. The molecule has 2 aromatic rings. The molecule has 94 valence electrons. The minimum Gasteiger partial charge on any atom is -0.439 e. The molecule has 0 saturated heterocycles. The number of carbonyl (C=O) groups is 1. The van der Waals surface area contributed by atoms with E-state index < -0.39 is 5.91 Å². The molecule has 0 aliphatic rings. The highest BCUT2D eigenvalue weighted by atomic mass is 16.5. The molecule has 19 heavy (non-hydrogen) atoms. The molecule has 4 N–H and O–H groups in total. The van der Waals surface area contributed by atoms with Crippen LogP contribution in [-0.2, 0) is 0 Å². The van der Waals surface area contributed by atoms with E-state index in [0.717, 1.165) is 0 Å². The molecule has 0 atom stereocenters. The molecule has 0 fully saturated rings. The molecule has 0 bridgehead atoms. The van der Waals surface area contributed by atoms with Crippen LogP contribution in [0.4, 0.5) is 5.69 Å². The highest BCUT2D eigenvalue weighted by molar-refractivity contribution is 5.92. The van der Waals surface area contributed by atoms with Gasteiger partial charge in [0.05, 0.1) is 5.69 Å². The third-order valence-electron chi connectivity index (χ3n) is 2.37. The highest BCUT2D eigenvalue weighted by Crippen LogP contribution is 2.21. The van der Waals surface area contributed by atoms with Crippen molar-refractivity contribution in [3.63, 3.8) is 0 Å². The number of benzene rings is 1. The van der Waals surface area contributed by atoms with Gasteiger partial charge in [-0.05, 0) is 30.3 Å². The van der Waals surface area contributed by atoms with Crippen LogP contribution in [0.1, 0.15) is 16.1 Å². The second-order valence-corrected chi connectivity index (χ2v) is 3.69. The Morgan fingerprint density at radius 3 is 2.47 bits per heavy atom. The molecule has 2 rings (SSSR count). The molecule has 0 spiro atoms. The number of nitrogens with two attached hydrogens (primary N) is 2. The fraction of sp³-hybridized carbons (Fsp3) is 0. The monoisotopic (exact) mass is 254 g/mol. The summed E-state index contributed by atoms with van der Waals surface area (Å²) in [6, 6.07) is 11.2. The van der Waals surface area contributed by atoms with Crippen molar-refractivity contribution in [2.75, 3.05) is 5.73 Å². The summed E-state index contributed by atoms with van der Waals surface area (Å²) in [6.07, 6.45) is 0. The number of primary amides is 1. The first-order valence-corrected chi connectivity index (χ1v) is 5.34. The summed E-state index contributed by atoms with van der Waals surface area (Å²) in [4.78, 5) is 14.9. The van der Waals surface area contributed by atoms with E-state index in [1.165, 1.54) is 0 Å². The molecule has 6 nitrogen and oxygen atoms in total. The standard InChI is InChI=1S/C13H10N4O2/c14-7-11-10(15)5-6-12(17-11)19-9-3-1-8(2-4-9)13(16)18/h1-6H,15H2,(H2,16,18). The van der Waals surface area contributed by atoms with Gasteiger partial charge in [-0.2, -0.15) is 5.26 Å². The summed E-state index contributed by atoms with van der Waals surface area (Å²) >= 11 is 0. The van der Waals surface area contributed by atoms with Crippen molar-refractivity contribution in [2.45, 2.75) is 0 Å². The topological polar surface area (TPSA) is 115 Å². The Hall–Kier alpha value is -3.07. The predicted molar refractivity (Wildman–Crippen MR) is 68.4 cm³/mol. The number of nitrogen functional groups attached to an aromatic ring is 1. The van der Waals surface area contributed by atoms with E-state index in [9.17, 15) is 4.79 Å². The molecule has 0 aliphatic carbocycles. The van der Waals surface area contributed by atoms with Crippen LogP contribution in [-0.4, -0.2) is 10.9 Å². The SMILES string of the molecule is N#Cc1nc(Oc2ccc(C(N)=O)cc2)ccc1N. The van der Waals surface area contributed by atoms with Crippen LogP contribution in [0.25, 0.3) is 0 Å². The van der Waals surface area contributed by atoms with Crippen molar-refractivity contribution < 1.29 is 9.53 Å². The number of anilines is 1. The number of hydrogen-bond donors (Lipinski definition) is 2. The molecule has 0 radical (unpaired) electrons. The van der Waals surface area contributed by atoms with Gasteiger partial charge in [-0.3, -0.25) is 4.79 Å². The molecular formula is C13H10N4O2. The Bertz CT molecular complexity index is 659. The van der Waals surface area contributed by atoms with Gasteiger partial charge in [0.1, 0.15) is 11.8 Å². The lowest BCUT2D eigenvalue weighted by Gasteiger charge is -2.06. The lowest BCUT2D eigenvalue weighted by Crippen LogP contribution is -2.10. The number of carbonyl (C=O) groups excluding carboxylic acids is 1. The fourth-order valence-corrected chi connectivity index (χ4v) is 1.41. The van der Waals surface area contributed by atoms with Gasteiger partial charge in [0.15, 0.2) is 5.69 Å². The van der Waals surface area contributed by atoms with Gasteiger partial charge in [0.25, 0.3) is 0 Å². The lowest BCUT2D eigenvalue weighted by atomic mass is 10.2. The number of aromatic nitrogens is 1. The number of nitriles is 1. The van der Waals surface area contributed by atoms with Crippen molar-refractivity contribution in [3.05, 3.63) is 47.7 Å². The van der Waals surface area contributed by atoms with Crippen molar-refractivity contribution >= 4 is 11.6 Å². The maximum Gasteiger partial charge on any atom is 0.248 e. The van der Waals surface area contributed by atoms with Crippen molar-refractivity contribution in [2.24, 2.45) is 5.73 Å². The molecule has 1 heterocycles. The Balaban J connectivity index is 2.22. The first kappa shape index (κ1) is 12.4. The molecular weight excluding hydrogens is 244 g/mol. The normalized spacial score (nSPS) is 9.63. The third kappa shape index (κ3) is 2.79. The molecule has 1 aromatic heterocycles. The zero-order valence-corrected chi connectivity index (χ0v) is 9.83. The summed E-state index contributed by atoms with van der Waals surface area (Å²) in [5.41, 5.74) is 11.5. The average molecular weight is 254 g/mol. The summed E-state index contributed by atoms with van der Waals surface area (Å²) < 4.78 is 5.44. The number of pyridine rings is 1. The van der Waals surface area contributed by atoms with Gasteiger partial charge < -0.3 is 16.2 Å². The van der Waals surface area contributed by atoms with Crippen molar-refractivity contribution in [1.82, 2.24) is 4.98 Å². The van der Waals surface area contributed by atoms with E-state index in [0.29, 0.717) is 17.0 Å². The van der Waals surface area contributed by atoms with Crippen LogP contribution in [0.15, 0.2) is 36.4 Å². The summed E-state index contributed by atoms with van der Waals surface area (Å²) in [7, 11) is 0. The zero-order valence-electron chi connectivity index (χ0n) is 9.83. The van der Waals surface area contributed by atoms with Gasteiger partial charge in [0.2, 0.25) is 11.8 Å². The van der Waals surface area contributed by atoms with Crippen LogP contribution in [0.5, 0.6) is 11.6 Å². The predicted octanol–water partition coefficient (Wildman–Crippen LogP) is 1.43. The molecule has 1 aromatic carbocycles.